The molecule has 0 bridgehead atoms. The second kappa shape index (κ2) is 6.56. The Morgan fingerprint density at radius 3 is 3.15 bits per heavy atom. The van der Waals surface area contributed by atoms with Crippen LogP contribution < -0.4 is 5.32 Å². The number of hydrogen-bond donors (Lipinski definition) is 1. The molecule has 20 heavy (non-hydrogen) atoms. The highest BCUT2D eigenvalue weighted by molar-refractivity contribution is 7.07. The molecule has 3 nitrogen and oxygen atoms in total. The van der Waals surface area contributed by atoms with Crippen LogP contribution in [0.4, 0.5) is 0 Å². The number of hydrogen-bond acceptors (Lipinski definition) is 4. The maximum absolute atomic E-state index is 6.08. The molecular weight excluding hydrogens is 270 g/mol. The molecule has 3 rings (SSSR count). The zero-order valence-corrected chi connectivity index (χ0v) is 13.1. The molecule has 1 N–H and O–H groups in total. The summed E-state index contributed by atoms with van der Waals surface area (Å²) in [4.78, 5) is 0. The van der Waals surface area contributed by atoms with Crippen molar-refractivity contribution in [1.82, 2.24) is 5.32 Å². The van der Waals surface area contributed by atoms with Gasteiger partial charge in [-0.15, -0.1) is 0 Å². The number of ether oxygens (including phenoxy) is 2. The van der Waals surface area contributed by atoms with E-state index in [4.69, 9.17) is 9.47 Å². The minimum Gasteiger partial charge on any atom is -0.378 e. The molecule has 1 spiro atoms. The van der Waals surface area contributed by atoms with Crippen LogP contribution >= 0.6 is 11.3 Å². The van der Waals surface area contributed by atoms with Gasteiger partial charge in [-0.25, -0.2) is 0 Å². The fourth-order valence-electron chi connectivity index (χ4n) is 3.52. The van der Waals surface area contributed by atoms with Crippen LogP contribution in [0.2, 0.25) is 0 Å². The first kappa shape index (κ1) is 14.5. The standard InChI is InChI=1S/C16H25NO2S/c1-2-6-17-15(14-4-9-20-11-14)13-3-7-19-16(10-13)5-8-18-12-16/h4,9,11,13,15,17H,2-3,5-8,10,12H2,1H3. The lowest BCUT2D eigenvalue weighted by Crippen LogP contribution is -2.44. The number of rotatable bonds is 5. The molecular formula is C16H25NO2S. The quantitative estimate of drug-likeness (QED) is 0.903. The van der Waals surface area contributed by atoms with Crippen LogP contribution in [-0.4, -0.2) is 32.0 Å². The summed E-state index contributed by atoms with van der Waals surface area (Å²) in [5.41, 5.74) is 1.45. The fourth-order valence-corrected chi connectivity index (χ4v) is 4.22. The molecule has 3 heterocycles. The van der Waals surface area contributed by atoms with Crippen LogP contribution in [0.1, 0.15) is 44.2 Å². The predicted molar refractivity (Wildman–Crippen MR) is 82.2 cm³/mol. The summed E-state index contributed by atoms with van der Waals surface area (Å²) >= 11 is 1.79. The SMILES string of the molecule is CCCNC(c1ccsc1)C1CCOC2(CCOC2)C1. The van der Waals surface area contributed by atoms with Crippen molar-refractivity contribution in [2.45, 2.75) is 44.2 Å². The van der Waals surface area contributed by atoms with Crippen LogP contribution in [0.15, 0.2) is 16.8 Å². The maximum atomic E-state index is 6.08. The van der Waals surface area contributed by atoms with Gasteiger partial charge in [-0.05, 0) is 54.1 Å². The lowest BCUT2D eigenvalue weighted by atomic mass is 9.79. The Morgan fingerprint density at radius 1 is 1.50 bits per heavy atom. The van der Waals surface area contributed by atoms with Crippen molar-refractivity contribution in [1.29, 1.82) is 0 Å². The molecule has 0 aliphatic carbocycles. The van der Waals surface area contributed by atoms with E-state index in [-0.39, 0.29) is 5.60 Å². The molecule has 4 heteroatoms. The molecule has 2 aliphatic heterocycles. The summed E-state index contributed by atoms with van der Waals surface area (Å²) in [6, 6.07) is 2.74. The van der Waals surface area contributed by atoms with E-state index in [1.165, 1.54) is 12.0 Å². The molecule has 112 valence electrons. The van der Waals surface area contributed by atoms with E-state index in [2.05, 4.69) is 29.1 Å². The topological polar surface area (TPSA) is 30.5 Å². The zero-order chi connectivity index (χ0) is 13.8. The summed E-state index contributed by atoms with van der Waals surface area (Å²) in [7, 11) is 0. The second-order valence-electron chi connectivity index (χ2n) is 6.08. The van der Waals surface area contributed by atoms with E-state index in [0.717, 1.165) is 45.6 Å². The molecule has 3 atom stereocenters. The van der Waals surface area contributed by atoms with Crippen molar-refractivity contribution in [3.8, 4) is 0 Å². The average Bonchev–Trinajstić information content (AvgIpc) is 3.12. The maximum Gasteiger partial charge on any atom is 0.0940 e. The van der Waals surface area contributed by atoms with Crippen molar-refractivity contribution in [3.05, 3.63) is 22.4 Å². The van der Waals surface area contributed by atoms with Gasteiger partial charge in [-0.2, -0.15) is 11.3 Å². The summed E-state index contributed by atoms with van der Waals surface area (Å²) in [5.74, 6) is 0.659. The van der Waals surface area contributed by atoms with Crippen molar-refractivity contribution >= 4 is 11.3 Å². The first-order chi connectivity index (χ1) is 9.83. The molecule has 2 aliphatic rings. The Labute approximate surface area is 125 Å². The molecule has 0 amide bonds. The highest BCUT2D eigenvalue weighted by atomic mass is 32.1. The third kappa shape index (κ3) is 3.08. The van der Waals surface area contributed by atoms with Gasteiger partial charge >= 0.3 is 0 Å². The van der Waals surface area contributed by atoms with E-state index < -0.39 is 0 Å². The van der Waals surface area contributed by atoms with Crippen LogP contribution in [-0.2, 0) is 9.47 Å². The summed E-state index contributed by atoms with van der Waals surface area (Å²) in [6.07, 6.45) is 4.52. The van der Waals surface area contributed by atoms with Gasteiger partial charge in [0.2, 0.25) is 0 Å². The highest BCUT2D eigenvalue weighted by Crippen LogP contribution is 2.41. The van der Waals surface area contributed by atoms with Crippen LogP contribution in [0.25, 0.3) is 0 Å². The van der Waals surface area contributed by atoms with Gasteiger partial charge in [-0.3, -0.25) is 0 Å². The minimum atomic E-state index is 0.00504. The van der Waals surface area contributed by atoms with Crippen molar-refractivity contribution in [3.63, 3.8) is 0 Å². The largest absolute Gasteiger partial charge is 0.378 e. The lowest BCUT2D eigenvalue weighted by Gasteiger charge is -2.40. The summed E-state index contributed by atoms with van der Waals surface area (Å²) in [5, 5.41) is 8.23. The Kier molecular flexibility index (Phi) is 4.76. The molecule has 1 aromatic heterocycles. The van der Waals surface area contributed by atoms with Crippen molar-refractivity contribution in [2.24, 2.45) is 5.92 Å². The van der Waals surface area contributed by atoms with Crippen molar-refractivity contribution < 1.29 is 9.47 Å². The average molecular weight is 295 g/mol. The smallest absolute Gasteiger partial charge is 0.0940 e. The molecule has 0 aromatic carbocycles. The lowest BCUT2D eigenvalue weighted by molar-refractivity contribution is -0.103. The zero-order valence-electron chi connectivity index (χ0n) is 12.3. The van der Waals surface area contributed by atoms with Gasteiger partial charge in [-0.1, -0.05) is 6.92 Å². The number of nitrogens with one attached hydrogen (secondary N) is 1. The highest BCUT2D eigenvalue weighted by Gasteiger charge is 2.43. The Morgan fingerprint density at radius 2 is 2.45 bits per heavy atom. The first-order valence-corrected chi connectivity index (χ1v) is 8.74. The van der Waals surface area contributed by atoms with Gasteiger partial charge in [0.25, 0.3) is 0 Å². The third-order valence-electron chi connectivity index (χ3n) is 4.59. The first-order valence-electron chi connectivity index (χ1n) is 7.80. The molecule has 2 fully saturated rings. The second-order valence-corrected chi connectivity index (χ2v) is 6.86. The summed E-state index contributed by atoms with van der Waals surface area (Å²) in [6.45, 7) is 5.84. The third-order valence-corrected chi connectivity index (χ3v) is 5.29. The molecule has 2 saturated heterocycles. The molecule has 1 aromatic rings. The van der Waals surface area contributed by atoms with Gasteiger partial charge in [0.1, 0.15) is 0 Å². The van der Waals surface area contributed by atoms with E-state index in [1.807, 2.05) is 0 Å². The molecule has 0 radical (unpaired) electrons. The van der Waals surface area contributed by atoms with E-state index >= 15 is 0 Å². The molecule has 3 unspecified atom stereocenters. The van der Waals surface area contributed by atoms with E-state index in [1.54, 1.807) is 11.3 Å². The Bertz CT molecular complexity index is 401. The Hall–Kier alpha value is -0.420. The minimum absolute atomic E-state index is 0.00504. The summed E-state index contributed by atoms with van der Waals surface area (Å²) < 4.78 is 11.7. The van der Waals surface area contributed by atoms with E-state index in [0.29, 0.717) is 12.0 Å². The van der Waals surface area contributed by atoms with Crippen LogP contribution in [0.3, 0.4) is 0 Å². The molecule has 0 saturated carbocycles. The van der Waals surface area contributed by atoms with Gasteiger partial charge in [0.05, 0.1) is 12.2 Å². The normalized spacial score (nSPS) is 31.8. The van der Waals surface area contributed by atoms with Gasteiger partial charge in [0.15, 0.2) is 0 Å². The Balaban J connectivity index is 1.72. The van der Waals surface area contributed by atoms with E-state index in [9.17, 15) is 0 Å². The van der Waals surface area contributed by atoms with Crippen molar-refractivity contribution in [2.75, 3.05) is 26.4 Å². The van der Waals surface area contributed by atoms with Gasteiger partial charge < -0.3 is 14.8 Å². The predicted octanol–water partition coefficient (Wildman–Crippen LogP) is 3.37. The number of thiophene rings is 1. The monoisotopic (exact) mass is 295 g/mol. The van der Waals surface area contributed by atoms with Crippen LogP contribution in [0.5, 0.6) is 0 Å². The fraction of sp³-hybridized carbons (Fsp3) is 0.750. The van der Waals surface area contributed by atoms with Crippen LogP contribution in [0, 0.1) is 5.92 Å². The van der Waals surface area contributed by atoms with Gasteiger partial charge in [0, 0.05) is 25.7 Å².